The molecule has 0 aliphatic rings. The van der Waals surface area contributed by atoms with Crippen LogP contribution in [0.3, 0.4) is 0 Å². The Bertz CT molecular complexity index is 318. The average molecular weight is 206 g/mol. The van der Waals surface area contributed by atoms with Crippen molar-refractivity contribution in [2.45, 2.75) is 33.1 Å². The molecular formula is C13H18O2. The fraction of sp³-hybridized carbons (Fsp3) is 0.462. The number of ketones is 1. The largest absolute Gasteiger partial charge is 0.494 e. The number of Topliss-reactive ketones (excluding diaryl/α,β-unsaturated/α-hetero) is 1. The molecule has 1 aromatic rings. The molecule has 0 radical (unpaired) electrons. The summed E-state index contributed by atoms with van der Waals surface area (Å²) in [6, 6.07) is 7.97. The van der Waals surface area contributed by atoms with Crippen molar-refractivity contribution < 1.29 is 9.53 Å². The maximum absolute atomic E-state index is 10.8. The van der Waals surface area contributed by atoms with Crippen molar-refractivity contribution >= 4 is 5.78 Å². The first-order valence-electron chi connectivity index (χ1n) is 5.43. The molecule has 0 atom stereocenters. The molecule has 0 aliphatic carbocycles. The topological polar surface area (TPSA) is 26.3 Å². The van der Waals surface area contributed by atoms with E-state index in [0.29, 0.717) is 6.42 Å². The molecule has 1 rings (SSSR count). The normalized spacial score (nSPS) is 10.0. The van der Waals surface area contributed by atoms with Crippen LogP contribution in [0, 0.1) is 0 Å². The molecule has 2 nitrogen and oxygen atoms in total. The standard InChI is InChI=1S/C13H18O2/c1-3-9-15-13-6-4-5-12(10-13)8-7-11(2)14/h4-6,10H,3,7-9H2,1-2H3. The second-order valence-electron chi connectivity index (χ2n) is 3.70. The fourth-order valence-corrected chi connectivity index (χ4v) is 1.33. The van der Waals surface area contributed by atoms with Crippen LogP contribution >= 0.6 is 0 Å². The number of hydrogen-bond acceptors (Lipinski definition) is 2. The zero-order valence-corrected chi connectivity index (χ0v) is 9.45. The van der Waals surface area contributed by atoms with Crippen LogP contribution in [-0.4, -0.2) is 12.4 Å². The lowest BCUT2D eigenvalue weighted by Crippen LogP contribution is -1.97. The van der Waals surface area contributed by atoms with Gasteiger partial charge < -0.3 is 9.53 Å². The highest BCUT2D eigenvalue weighted by Crippen LogP contribution is 2.14. The Morgan fingerprint density at radius 1 is 1.40 bits per heavy atom. The van der Waals surface area contributed by atoms with Gasteiger partial charge in [-0.1, -0.05) is 19.1 Å². The molecule has 0 saturated carbocycles. The minimum Gasteiger partial charge on any atom is -0.494 e. The lowest BCUT2D eigenvalue weighted by atomic mass is 10.1. The molecule has 0 fully saturated rings. The van der Waals surface area contributed by atoms with Crippen molar-refractivity contribution in [2.24, 2.45) is 0 Å². The van der Waals surface area contributed by atoms with Gasteiger partial charge in [-0.15, -0.1) is 0 Å². The van der Waals surface area contributed by atoms with Crippen LogP contribution in [0.1, 0.15) is 32.3 Å². The summed E-state index contributed by atoms with van der Waals surface area (Å²) >= 11 is 0. The fourth-order valence-electron chi connectivity index (χ4n) is 1.33. The maximum atomic E-state index is 10.8. The van der Waals surface area contributed by atoms with E-state index in [0.717, 1.165) is 25.2 Å². The summed E-state index contributed by atoms with van der Waals surface area (Å²) in [7, 11) is 0. The second-order valence-corrected chi connectivity index (χ2v) is 3.70. The van der Waals surface area contributed by atoms with E-state index in [1.807, 2.05) is 24.3 Å². The molecule has 0 heterocycles. The minimum atomic E-state index is 0.231. The van der Waals surface area contributed by atoms with Crippen molar-refractivity contribution in [3.63, 3.8) is 0 Å². The van der Waals surface area contributed by atoms with E-state index in [-0.39, 0.29) is 5.78 Å². The summed E-state index contributed by atoms with van der Waals surface area (Å²) in [4.78, 5) is 10.8. The summed E-state index contributed by atoms with van der Waals surface area (Å²) in [6.07, 6.45) is 2.42. The van der Waals surface area contributed by atoms with E-state index in [2.05, 4.69) is 6.92 Å². The van der Waals surface area contributed by atoms with Gasteiger partial charge in [0.1, 0.15) is 11.5 Å². The van der Waals surface area contributed by atoms with Gasteiger partial charge in [-0.25, -0.2) is 0 Å². The van der Waals surface area contributed by atoms with Crippen LogP contribution in [0.2, 0.25) is 0 Å². The van der Waals surface area contributed by atoms with E-state index >= 15 is 0 Å². The lowest BCUT2D eigenvalue weighted by Gasteiger charge is -2.06. The van der Waals surface area contributed by atoms with E-state index in [9.17, 15) is 4.79 Å². The van der Waals surface area contributed by atoms with Gasteiger partial charge in [-0.05, 0) is 37.5 Å². The highest BCUT2D eigenvalue weighted by atomic mass is 16.5. The van der Waals surface area contributed by atoms with Gasteiger partial charge in [-0.3, -0.25) is 0 Å². The molecule has 15 heavy (non-hydrogen) atoms. The minimum absolute atomic E-state index is 0.231. The number of ether oxygens (including phenoxy) is 1. The SMILES string of the molecule is CCCOc1cccc(CCC(C)=O)c1. The molecule has 0 N–H and O–H groups in total. The molecule has 0 amide bonds. The van der Waals surface area contributed by atoms with E-state index in [1.54, 1.807) is 6.92 Å². The molecule has 82 valence electrons. The lowest BCUT2D eigenvalue weighted by molar-refractivity contribution is -0.116. The third-order valence-electron chi connectivity index (χ3n) is 2.14. The third kappa shape index (κ3) is 4.63. The number of aryl methyl sites for hydroxylation is 1. The molecule has 2 heteroatoms. The molecule has 0 aromatic heterocycles. The van der Waals surface area contributed by atoms with Crippen LogP contribution in [0.4, 0.5) is 0 Å². The van der Waals surface area contributed by atoms with Crippen LogP contribution in [-0.2, 0) is 11.2 Å². The maximum Gasteiger partial charge on any atom is 0.130 e. The molecule has 0 spiro atoms. The van der Waals surface area contributed by atoms with E-state index < -0.39 is 0 Å². The van der Waals surface area contributed by atoms with Crippen molar-refractivity contribution in [3.8, 4) is 5.75 Å². The van der Waals surface area contributed by atoms with Gasteiger partial charge in [0.25, 0.3) is 0 Å². The Labute approximate surface area is 91.3 Å². The number of hydrogen-bond donors (Lipinski definition) is 0. The monoisotopic (exact) mass is 206 g/mol. The number of carbonyl (C=O) groups is 1. The summed E-state index contributed by atoms with van der Waals surface area (Å²) < 4.78 is 5.52. The predicted octanol–water partition coefficient (Wildman–Crippen LogP) is 3.00. The van der Waals surface area contributed by atoms with Crippen molar-refractivity contribution in [3.05, 3.63) is 29.8 Å². The molecule has 0 unspecified atom stereocenters. The van der Waals surface area contributed by atoms with Crippen LogP contribution < -0.4 is 4.74 Å². The first kappa shape index (κ1) is 11.8. The number of rotatable bonds is 6. The van der Waals surface area contributed by atoms with Crippen LogP contribution in [0.15, 0.2) is 24.3 Å². The number of benzene rings is 1. The first-order chi connectivity index (χ1) is 7.22. The van der Waals surface area contributed by atoms with Gasteiger partial charge >= 0.3 is 0 Å². The first-order valence-corrected chi connectivity index (χ1v) is 5.43. The zero-order chi connectivity index (χ0) is 11.1. The molecule has 0 aliphatic heterocycles. The van der Waals surface area contributed by atoms with Gasteiger partial charge in [-0.2, -0.15) is 0 Å². The van der Waals surface area contributed by atoms with E-state index in [1.165, 1.54) is 5.56 Å². The Balaban J connectivity index is 2.53. The zero-order valence-electron chi connectivity index (χ0n) is 9.45. The van der Waals surface area contributed by atoms with Gasteiger partial charge in [0.2, 0.25) is 0 Å². The van der Waals surface area contributed by atoms with Crippen molar-refractivity contribution in [1.82, 2.24) is 0 Å². The second kappa shape index (κ2) is 6.23. The summed E-state index contributed by atoms with van der Waals surface area (Å²) in [5.41, 5.74) is 1.17. The van der Waals surface area contributed by atoms with Gasteiger partial charge in [0, 0.05) is 6.42 Å². The number of carbonyl (C=O) groups excluding carboxylic acids is 1. The van der Waals surface area contributed by atoms with Gasteiger partial charge in [0.15, 0.2) is 0 Å². The molecule has 1 aromatic carbocycles. The molecule has 0 bridgehead atoms. The van der Waals surface area contributed by atoms with Crippen molar-refractivity contribution in [1.29, 1.82) is 0 Å². The van der Waals surface area contributed by atoms with Crippen molar-refractivity contribution in [2.75, 3.05) is 6.61 Å². The Hall–Kier alpha value is -1.31. The molecule has 0 saturated heterocycles. The smallest absolute Gasteiger partial charge is 0.130 e. The highest BCUT2D eigenvalue weighted by Gasteiger charge is 1.99. The Morgan fingerprint density at radius 3 is 2.87 bits per heavy atom. The predicted molar refractivity (Wildman–Crippen MR) is 61.2 cm³/mol. The third-order valence-corrected chi connectivity index (χ3v) is 2.14. The van der Waals surface area contributed by atoms with E-state index in [4.69, 9.17) is 4.74 Å². The average Bonchev–Trinajstić information content (AvgIpc) is 2.24. The summed E-state index contributed by atoms with van der Waals surface area (Å²) in [5.74, 6) is 1.13. The summed E-state index contributed by atoms with van der Waals surface area (Å²) in [5, 5.41) is 0. The highest BCUT2D eigenvalue weighted by molar-refractivity contribution is 5.75. The molecular weight excluding hydrogens is 188 g/mol. The van der Waals surface area contributed by atoms with Crippen LogP contribution in [0.25, 0.3) is 0 Å². The Morgan fingerprint density at radius 2 is 2.20 bits per heavy atom. The van der Waals surface area contributed by atoms with Crippen LogP contribution in [0.5, 0.6) is 5.75 Å². The summed E-state index contributed by atoms with van der Waals surface area (Å²) in [6.45, 7) is 4.45. The quantitative estimate of drug-likeness (QED) is 0.715. The Kier molecular flexibility index (Phi) is 4.88. The van der Waals surface area contributed by atoms with Gasteiger partial charge in [0.05, 0.1) is 6.61 Å².